The van der Waals surface area contributed by atoms with Crippen LogP contribution in [0.5, 0.6) is 0 Å². The van der Waals surface area contributed by atoms with Crippen LogP contribution in [-0.2, 0) is 31.7 Å². The number of amides is 1. The second kappa shape index (κ2) is 14.6. The highest BCUT2D eigenvalue weighted by Crippen LogP contribution is 2.23. The number of hydrogen-bond acceptors (Lipinski definition) is 7. The smallest absolute Gasteiger partial charge is 0.264 e. The summed E-state index contributed by atoms with van der Waals surface area (Å²) in [5, 5.41) is 9.71. The van der Waals surface area contributed by atoms with Crippen LogP contribution >= 0.6 is 0 Å². The van der Waals surface area contributed by atoms with Crippen molar-refractivity contribution in [2.45, 2.75) is 19.8 Å². The molecule has 1 amide bonds. The lowest BCUT2D eigenvalue weighted by Gasteiger charge is -2.14. The number of aliphatic imine (C=N–C) groups is 1. The minimum Gasteiger partial charge on any atom is -0.384 e. The molecule has 230 valence electrons. The third-order valence-electron chi connectivity index (χ3n) is 7.03. The fourth-order valence-corrected chi connectivity index (χ4v) is 4.88. The standard InChI is InChI=1S/C26H25N3O2.C8H11N5O/c1-4-22-17-20-10-8-9-19(13-14-21-18-27-28(2)24(21)15-16-31-3)25(20)26(30)29(22)23-11-6-5-7-12-23;1-3-4-11-8-5(7(10)14)6(9)12-13(8)2/h5-12,17-18H,4,15-16H2,1-3H3;3-4H,1H2,2H3,(H2,9,12)(H2,10,14)/b;11-4-. The zero-order valence-corrected chi connectivity index (χ0v) is 25.8. The quantitative estimate of drug-likeness (QED) is 0.203. The summed E-state index contributed by atoms with van der Waals surface area (Å²) in [7, 11) is 5.21. The number of aryl methyl sites for hydroxylation is 3. The van der Waals surface area contributed by atoms with Crippen LogP contribution in [0.1, 0.15) is 39.8 Å². The normalized spacial score (nSPS) is 10.8. The average Bonchev–Trinajstić information content (AvgIpc) is 3.54. The van der Waals surface area contributed by atoms with Gasteiger partial charge in [0.05, 0.1) is 29.4 Å². The molecule has 3 aromatic heterocycles. The van der Waals surface area contributed by atoms with Crippen molar-refractivity contribution in [2.75, 3.05) is 19.5 Å². The lowest BCUT2D eigenvalue weighted by atomic mass is 10.0. The number of pyridine rings is 1. The molecule has 3 heterocycles. The number of ether oxygens (including phenoxy) is 1. The molecule has 5 rings (SSSR count). The lowest BCUT2D eigenvalue weighted by molar-refractivity contribution is 0.100. The number of primary amides is 1. The Balaban J connectivity index is 0.000000276. The zero-order chi connectivity index (χ0) is 32.5. The second-order valence-corrected chi connectivity index (χ2v) is 9.94. The van der Waals surface area contributed by atoms with Gasteiger partial charge in [-0.1, -0.05) is 61.8 Å². The molecule has 0 spiro atoms. The highest BCUT2D eigenvalue weighted by Gasteiger charge is 2.17. The van der Waals surface area contributed by atoms with Crippen molar-refractivity contribution in [3.8, 4) is 17.5 Å². The maximum absolute atomic E-state index is 13.6. The van der Waals surface area contributed by atoms with E-state index in [1.54, 1.807) is 24.9 Å². The number of nitrogen functional groups attached to an aromatic ring is 1. The van der Waals surface area contributed by atoms with Crippen LogP contribution in [-0.4, -0.2) is 50.0 Å². The number of aromatic nitrogens is 5. The number of nitrogens with zero attached hydrogens (tertiary/aromatic N) is 6. The Kier molecular flexibility index (Phi) is 10.5. The Labute approximate surface area is 261 Å². The number of fused-ring (bicyclic) bond motifs is 1. The Morgan fingerprint density at radius 2 is 1.82 bits per heavy atom. The first-order valence-corrected chi connectivity index (χ1v) is 14.2. The van der Waals surface area contributed by atoms with Crippen LogP contribution < -0.4 is 17.0 Å². The maximum atomic E-state index is 13.6. The molecule has 11 nitrogen and oxygen atoms in total. The topological polar surface area (TPSA) is 148 Å². The SMILES string of the molecule is C=C/C=N\c1c(C(N)=O)c(N)nn1C.CCc1cc2cccc(C#Cc3cnn(C)c3CCOC)c2c(=O)n1-c1ccccc1. The summed E-state index contributed by atoms with van der Waals surface area (Å²) >= 11 is 0. The number of rotatable bonds is 8. The fraction of sp³-hybridized carbons (Fsp3) is 0.206. The number of benzene rings is 2. The van der Waals surface area contributed by atoms with Crippen LogP contribution in [0.15, 0.2) is 83.2 Å². The van der Waals surface area contributed by atoms with Gasteiger partial charge in [0.15, 0.2) is 11.6 Å². The van der Waals surface area contributed by atoms with Crippen LogP contribution in [0.3, 0.4) is 0 Å². The summed E-state index contributed by atoms with van der Waals surface area (Å²) in [4.78, 5) is 28.6. The summed E-state index contributed by atoms with van der Waals surface area (Å²) in [6.07, 6.45) is 6.17. The predicted octanol–water partition coefficient (Wildman–Crippen LogP) is 3.86. The number of hydrogen-bond donors (Lipinski definition) is 2. The van der Waals surface area contributed by atoms with Gasteiger partial charge in [-0.05, 0) is 36.1 Å². The van der Waals surface area contributed by atoms with Gasteiger partial charge in [0.2, 0.25) is 0 Å². The summed E-state index contributed by atoms with van der Waals surface area (Å²) in [5.74, 6) is 6.23. The molecule has 0 aliphatic carbocycles. The van der Waals surface area contributed by atoms with Gasteiger partial charge in [0.25, 0.3) is 11.5 Å². The molecule has 0 aliphatic heterocycles. The van der Waals surface area contributed by atoms with Gasteiger partial charge in [-0.25, -0.2) is 9.67 Å². The molecule has 2 aromatic carbocycles. The van der Waals surface area contributed by atoms with Crippen molar-refractivity contribution < 1.29 is 9.53 Å². The van der Waals surface area contributed by atoms with Crippen molar-refractivity contribution in [3.05, 3.63) is 112 Å². The molecule has 0 radical (unpaired) electrons. The number of para-hydroxylation sites is 1. The maximum Gasteiger partial charge on any atom is 0.264 e. The van der Waals surface area contributed by atoms with Crippen LogP contribution in [0, 0.1) is 11.8 Å². The van der Waals surface area contributed by atoms with E-state index in [0.717, 1.165) is 46.4 Å². The van der Waals surface area contributed by atoms with Crippen molar-refractivity contribution >= 4 is 34.5 Å². The van der Waals surface area contributed by atoms with Gasteiger partial charge in [-0.15, -0.1) is 0 Å². The Bertz CT molecular complexity index is 1990. The number of anilines is 1. The van der Waals surface area contributed by atoms with Gasteiger partial charge in [0, 0.05) is 50.8 Å². The van der Waals surface area contributed by atoms with Gasteiger partial charge < -0.3 is 16.2 Å². The van der Waals surface area contributed by atoms with Gasteiger partial charge >= 0.3 is 0 Å². The minimum absolute atomic E-state index is 0.0451. The highest BCUT2D eigenvalue weighted by atomic mass is 16.5. The van der Waals surface area contributed by atoms with Crippen molar-refractivity contribution in [3.63, 3.8) is 0 Å². The van der Waals surface area contributed by atoms with Crippen LogP contribution in [0.2, 0.25) is 0 Å². The summed E-state index contributed by atoms with van der Waals surface area (Å²) in [5.41, 5.74) is 15.1. The molecular weight excluding hydrogens is 568 g/mol. The molecule has 11 heteroatoms. The van der Waals surface area contributed by atoms with E-state index in [-0.39, 0.29) is 16.9 Å². The Hall–Kier alpha value is -5.73. The molecule has 0 bridgehead atoms. The van der Waals surface area contributed by atoms with E-state index in [1.807, 2.05) is 60.3 Å². The lowest BCUT2D eigenvalue weighted by Crippen LogP contribution is -2.22. The van der Waals surface area contributed by atoms with E-state index in [2.05, 4.69) is 46.6 Å². The van der Waals surface area contributed by atoms with Gasteiger partial charge in [0.1, 0.15) is 5.56 Å². The molecule has 0 saturated heterocycles. The Morgan fingerprint density at radius 1 is 1.09 bits per heavy atom. The third kappa shape index (κ3) is 7.09. The van der Waals surface area contributed by atoms with E-state index in [0.29, 0.717) is 17.8 Å². The third-order valence-corrected chi connectivity index (χ3v) is 7.03. The highest BCUT2D eigenvalue weighted by molar-refractivity contribution is 6.02. The fourth-order valence-electron chi connectivity index (χ4n) is 4.88. The number of carbonyl (C=O) groups is 1. The number of allylic oxidation sites excluding steroid dienone is 1. The van der Waals surface area contributed by atoms with E-state index in [1.165, 1.54) is 17.0 Å². The summed E-state index contributed by atoms with van der Waals surface area (Å²) < 4.78 is 10.2. The molecule has 0 fully saturated rings. The number of methoxy groups -OCH3 is 1. The predicted molar refractivity (Wildman–Crippen MR) is 178 cm³/mol. The minimum atomic E-state index is -0.646. The molecule has 0 unspecified atom stereocenters. The number of carbonyl (C=O) groups excluding carboxylic acids is 1. The molecule has 4 N–H and O–H groups in total. The molecular formula is C34H36N8O3. The zero-order valence-electron chi connectivity index (χ0n) is 25.8. The van der Waals surface area contributed by atoms with Gasteiger partial charge in [-0.3, -0.25) is 18.8 Å². The van der Waals surface area contributed by atoms with Crippen molar-refractivity contribution in [1.82, 2.24) is 24.1 Å². The molecule has 0 saturated carbocycles. The molecule has 0 aliphatic rings. The average molecular weight is 605 g/mol. The van der Waals surface area contributed by atoms with E-state index in [4.69, 9.17) is 16.2 Å². The van der Waals surface area contributed by atoms with Gasteiger partial charge in [-0.2, -0.15) is 10.2 Å². The van der Waals surface area contributed by atoms with Crippen molar-refractivity contribution in [2.24, 2.45) is 24.8 Å². The number of nitrogens with two attached hydrogens (primary N) is 2. The van der Waals surface area contributed by atoms with Crippen molar-refractivity contribution in [1.29, 1.82) is 0 Å². The van der Waals surface area contributed by atoms with E-state index < -0.39 is 5.91 Å². The first kappa shape index (κ1) is 32.2. The molecule has 0 atom stereocenters. The van der Waals surface area contributed by atoms with E-state index >= 15 is 0 Å². The molecule has 45 heavy (non-hydrogen) atoms. The second-order valence-electron chi connectivity index (χ2n) is 9.94. The monoisotopic (exact) mass is 604 g/mol. The first-order chi connectivity index (χ1) is 21.7. The first-order valence-electron chi connectivity index (χ1n) is 14.2. The van der Waals surface area contributed by atoms with E-state index in [9.17, 15) is 9.59 Å². The van der Waals surface area contributed by atoms with Crippen LogP contribution in [0.4, 0.5) is 11.6 Å². The Morgan fingerprint density at radius 3 is 2.49 bits per heavy atom. The largest absolute Gasteiger partial charge is 0.384 e. The summed E-state index contributed by atoms with van der Waals surface area (Å²) in [6, 6.07) is 17.7. The summed E-state index contributed by atoms with van der Waals surface area (Å²) in [6.45, 7) is 6.12. The van der Waals surface area contributed by atoms with Crippen LogP contribution in [0.25, 0.3) is 16.5 Å². The molecule has 5 aromatic rings.